The summed E-state index contributed by atoms with van der Waals surface area (Å²) < 4.78 is 7.59. The van der Waals surface area contributed by atoms with Crippen LogP contribution in [0.15, 0.2) is 273 Å². The van der Waals surface area contributed by atoms with Crippen LogP contribution in [0.25, 0.3) is 149 Å². The van der Waals surface area contributed by atoms with Crippen molar-refractivity contribution >= 4 is 65.4 Å². The van der Waals surface area contributed by atoms with Gasteiger partial charge in [0.1, 0.15) is 0 Å². The monoisotopic (exact) mass is 1710 g/mol. The van der Waals surface area contributed by atoms with Crippen LogP contribution in [0, 0.1) is 0 Å². The highest BCUT2D eigenvalue weighted by molar-refractivity contribution is 6.18. The summed E-state index contributed by atoms with van der Waals surface area (Å²) in [4.78, 5) is 0. The largest absolute Gasteiger partial charge is 0.309 e. The SMILES string of the molecule is CC.CC.CC.CC.CC.CC.CC.CC.CC.CC.CC.CC.CC.CC.c1ccc2c(c1)Cc1c-2ccc2c1Cc1c-2ccc2c1c1cccc3c1n2-c1ccccc1C3.c1ccc2c(c1)Cc1cc3c(cc1-2)Cc1c-3ccc2c1c1cccc3c1n2-c1ccccc1C3.c1ccc2c(c1)Cc1ccc3c(c1-2)Cc1c-3ccc2c1c1cccc3c1n2-c1ccccc1C3. The van der Waals surface area contributed by atoms with Crippen LogP contribution in [-0.4, -0.2) is 13.7 Å². The van der Waals surface area contributed by atoms with Crippen LogP contribution in [0.3, 0.4) is 0 Å². The molecular weight excluding hydrogens is 1570 g/mol. The third kappa shape index (κ3) is 16.4. The fourth-order valence-electron chi connectivity index (χ4n) is 21.3. The van der Waals surface area contributed by atoms with E-state index >= 15 is 0 Å². The lowest BCUT2D eigenvalue weighted by molar-refractivity contribution is 1.04. The number of nitrogens with zero attached hydrogens (tertiary/aromatic N) is 3. The van der Waals surface area contributed by atoms with E-state index in [1.165, 1.54) is 238 Å². The van der Waals surface area contributed by atoms with Crippen LogP contribution in [0.5, 0.6) is 0 Å². The second-order valence-electron chi connectivity index (χ2n) is 30.3. The number of aromatic nitrogens is 3. The molecule has 0 fully saturated rings. The second-order valence-corrected chi connectivity index (χ2v) is 30.3. The molecule has 3 aliphatic heterocycles. The minimum atomic E-state index is 1.01. The molecule has 0 bridgehead atoms. The minimum absolute atomic E-state index is 1.01. The van der Waals surface area contributed by atoms with E-state index in [0.29, 0.717) is 0 Å². The van der Waals surface area contributed by atoms with Crippen molar-refractivity contribution in [3.05, 3.63) is 373 Å². The number of rotatable bonds is 0. The summed E-state index contributed by atoms with van der Waals surface area (Å²) >= 11 is 0. The van der Waals surface area contributed by atoms with Crippen molar-refractivity contribution in [1.82, 2.24) is 13.7 Å². The van der Waals surface area contributed by atoms with E-state index in [-0.39, 0.29) is 0 Å². The zero-order valence-corrected chi connectivity index (χ0v) is 84.2. The van der Waals surface area contributed by atoms with Crippen molar-refractivity contribution < 1.29 is 0 Å². The van der Waals surface area contributed by atoms with Gasteiger partial charge in [-0.3, -0.25) is 0 Å². The Morgan fingerprint density at radius 2 is 0.400 bits per heavy atom. The molecule has 0 radical (unpaired) electrons. The van der Waals surface area contributed by atoms with Gasteiger partial charge in [0.2, 0.25) is 0 Å². The van der Waals surface area contributed by atoms with Gasteiger partial charge in [0.15, 0.2) is 0 Å². The Morgan fingerprint density at radius 3 is 0.815 bits per heavy atom. The Labute approximate surface area is 782 Å². The molecule has 3 nitrogen and oxygen atoms in total. The van der Waals surface area contributed by atoms with Gasteiger partial charge >= 0.3 is 0 Å². The van der Waals surface area contributed by atoms with Gasteiger partial charge in [-0.25, -0.2) is 0 Å². The highest BCUT2D eigenvalue weighted by Crippen LogP contribution is 2.56. The van der Waals surface area contributed by atoms with E-state index in [0.717, 1.165) is 57.8 Å². The summed E-state index contributed by atoms with van der Waals surface area (Å²) in [6, 6.07) is 103. The number of benzene rings is 15. The lowest BCUT2D eigenvalue weighted by Crippen LogP contribution is -2.07. The predicted molar refractivity (Wildman–Crippen MR) is 579 cm³/mol. The molecule has 6 heterocycles. The predicted octanol–water partition coefficient (Wildman–Crippen LogP) is 37.9. The molecule has 15 aromatic carbocycles. The first-order valence-electron chi connectivity index (χ1n) is 50.8. The highest BCUT2D eigenvalue weighted by Gasteiger charge is 2.36. The van der Waals surface area contributed by atoms with Crippen molar-refractivity contribution in [2.24, 2.45) is 0 Å². The van der Waals surface area contributed by atoms with Gasteiger partial charge in [-0.05, 0) is 254 Å². The van der Waals surface area contributed by atoms with Crippen LogP contribution in [0.1, 0.15) is 294 Å². The van der Waals surface area contributed by atoms with Gasteiger partial charge in [-0.15, -0.1) is 0 Å². The third-order valence-corrected chi connectivity index (χ3v) is 25.4. The zero-order chi connectivity index (χ0) is 93.9. The summed E-state index contributed by atoms with van der Waals surface area (Å²) in [5.41, 5.74) is 56.0. The van der Waals surface area contributed by atoms with Crippen LogP contribution in [0.2, 0.25) is 0 Å². The van der Waals surface area contributed by atoms with E-state index in [2.05, 4.69) is 287 Å². The van der Waals surface area contributed by atoms with Gasteiger partial charge in [0.05, 0.1) is 33.1 Å². The first-order valence-corrected chi connectivity index (χ1v) is 50.8. The molecule has 0 N–H and O–H groups in total. The Morgan fingerprint density at radius 1 is 0.154 bits per heavy atom. The van der Waals surface area contributed by atoms with Crippen molar-refractivity contribution in [3.8, 4) is 83.8 Å². The van der Waals surface area contributed by atoms with Crippen LogP contribution in [-0.2, 0) is 57.8 Å². The van der Waals surface area contributed by atoms with Gasteiger partial charge in [-0.2, -0.15) is 0 Å². The Bertz CT molecular complexity index is 6950. The normalized spacial score (nSPS) is 11.7. The molecule has 670 valence electrons. The number of fused-ring (bicyclic) bond motifs is 38. The highest BCUT2D eigenvalue weighted by atomic mass is 15.0. The molecule has 3 heteroatoms. The number of para-hydroxylation sites is 6. The molecule has 0 saturated carbocycles. The average Bonchev–Trinajstić information content (AvgIpc) is 1.55. The molecule has 0 spiro atoms. The zero-order valence-electron chi connectivity index (χ0n) is 84.2. The second kappa shape index (κ2) is 45.3. The maximum atomic E-state index is 2.53. The summed E-state index contributed by atoms with van der Waals surface area (Å²) in [5, 5.41) is 8.57. The fraction of sp³-hybridized carbons (Fsp3) is 0.291. The van der Waals surface area contributed by atoms with Gasteiger partial charge < -0.3 is 13.7 Å². The van der Waals surface area contributed by atoms with E-state index in [1.54, 1.807) is 11.1 Å². The number of hydrogen-bond donors (Lipinski definition) is 0. The fourth-order valence-corrected chi connectivity index (χ4v) is 21.3. The van der Waals surface area contributed by atoms with E-state index in [4.69, 9.17) is 0 Å². The quantitative estimate of drug-likeness (QED) is 0.144. The third-order valence-electron chi connectivity index (χ3n) is 25.4. The topological polar surface area (TPSA) is 14.8 Å². The molecule has 18 aromatic rings. The van der Waals surface area contributed by atoms with E-state index < -0.39 is 0 Å². The average molecular weight is 1720 g/mol. The first kappa shape index (κ1) is 98.3. The minimum Gasteiger partial charge on any atom is -0.309 e. The molecule has 0 unspecified atom stereocenters. The van der Waals surface area contributed by atoms with Crippen molar-refractivity contribution in [3.63, 3.8) is 0 Å². The molecule has 130 heavy (non-hydrogen) atoms. The Kier molecular flexibility index (Phi) is 34.3. The molecule has 6 aliphatic carbocycles. The van der Waals surface area contributed by atoms with E-state index in [1.807, 2.05) is 194 Å². The maximum Gasteiger partial charge on any atom is 0.0576 e. The summed E-state index contributed by atoms with van der Waals surface area (Å²) in [5.74, 6) is 0. The van der Waals surface area contributed by atoms with Crippen molar-refractivity contribution in [1.29, 1.82) is 0 Å². The van der Waals surface area contributed by atoms with Crippen LogP contribution >= 0.6 is 0 Å². The van der Waals surface area contributed by atoms with Crippen molar-refractivity contribution in [2.75, 3.05) is 0 Å². The molecule has 0 saturated heterocycles. The molecule has 0 amide bonds. The van der Waals surface area contributed by atoms with Crippen molar-refractivity contribution in [2.45, 2.75) is 252 Å². The van der Waals surface area contributed by atoms with Gasteiger partial charge in [-0.1, -0.05) is 418 Å². The summed E-state index contributed by atoms with van der Waals surface area (Å²) in [6.07, 6.45) is 9.27. The number of hydrogen-bond acceptors (Lipinski definition) is 0. The van der Waals surface area contributed by atoms with Gasteiger partial charge in [0, 0.05) is 68.6 Å². The van der Waals surface area contributed by atoms with E-state index in [9.17, 15) is 0 Å². The molecule has 9 aliphatic rings. The lowest BCUT2D eigenvalue weighted by Gasteiger charge is -2.20. The Hall–Kier alpha value is -12.3. The standard InChI is InChI=1S/3C33H21N.14C2H6/c1-3-9-24-19(6-1)14-22-16-28-23(17-27(22)24)18-29-25(28)12-13-31-32(29)26-10-5-8-21-15-20-7-2-4-11-30(20)34(31)33(21)26;1-3-9-22-19(6-1)17-27-23(22)12-13-24-25-14-15-31-32(29(25)18-28(24)27)26-10-5-8-21-16-20-7-2-4-11-30(20)34(31)33(21)26;1-3-9-23-19(6-1)16-21-12-13-24-25-14-15-30-32(28(25)18-27(24)31(21)23)26-10-5-8-22-17-20-7-2-4-11-29(20)34(30)33(22)26;14*1-2/h1-13,16-17H,14-15,18H2;2*1-15H,16-18H2;14*1-2H3. The van der Waals surface area contributed by atoms with Gasteiger partial charge in [0.25, 0.3) is 0 Å². The smallest absolute Gasteiger partial charge is 0.0576 e. The molecule has 27 rings (SSSR count). The maximum absolute atomic E-state index is 2.53. The first-order chi connectivity index (χ1) is 64.6. The molecule has 0 atom stereocenters. The Balaban J connectivity index is 0.000000166. The summed E-state index contributed by atoms with van der Waals surface area (Å²) in [7, 11) is 0. The van der Waals surface area contributed by atoms with Crippen LogP contribution in [0.4, 0.5) is 0 Å². The summed E-state index contributed by atoms with van der Waals surface area (Å²) in [6.45, 7) is 56.0. The molecule has 3 aromatic heterocycles. The molecular formula is C127H147N3. The lowest BCUT2D eigenvalue weighted by atomic mass is 9.95. The van der Waals surface area contributed by atoms with Crippen LogP contribution < -0.4 is 0 Å².